The predicted molar refractivity (Wildman–Crippen MR) is 124 cm³/mol. The van der Waals surface area contributed by atoms with Crippen molar-refractivity contribution in [2.24, 2.45) is 5.92 Å². The zero-order chi connectivity index (χ0) is 22.4. The molecule has 1 aromatic heterocycles. The van der Waals surface area contributed by atoms with Gasteiger partial charge in [-0.05, 0) is 50.0 Å². The number of likely N-dealkylation sites (tertiary alicyclic amines) is 1. The number of hydrogen-bond acceptors (Lipinski definition) is 4. The van der Waals surface area contributed by atoms with Crippen LogP contribution in [0, 0.1) is 10.7 Å². The van der Waals surface area contributed by atoms with E-state index in [0.29, 0.717) is 36.2 Å². The first-order valence-corrected chi connectivity index (χ1v) is 11.6. The van der Waals surface area contributed by atoms with Crippen LogP contribution in [0.2, 0.25) is 0 Å². The molecule has 0 radical (unpaired) electrons. The topological polar surface area (TPSA) is 87.2 Å². The molecule has 1 aliphatic rings. The Bertz CT molecular complexity index is 1040. The van der Waals surface area contributed by atoms with Crippen molar-refractivity contribution in [2.45, 2.75) is 65.0 Å². The summed E-state index contributed by atoms with van der Waals surface area (Å²) in [5.41, 5.74) is 0.684. The molecule has 2 N–H and O–H groups in total. The Hall–Kier alpha value is -2.48. The number of aromatic amines is 1. The molecule has 2 aromatic rings. The van der Waals surface area contributed by atoms with E-state index in [2.05, 4.69) is 10.3 Å². The summed E-state index contributed by atoms with van der Waals surface area (Å²) in [4.78, 5) is 41.9. The Kier molecular flexibility index (Phi) is 8.01. The highest BCUT2D eigenvalue weighted by atomic mass is 32.1. The third-order valence-electron chi connectivity index (χ3n) is 5.84. The number of rotatable bonds is 8. The quantitative estimate of drug-likeness (QED) is 0.483. The Morgan fingerprint density at radius 1 is 1.16 bits per heavy atom. The Balaban J connectivity index is 1.38. The molecular weight excluding hydrogens is 412 g/mol. The minimum atomic E-state index is -0.0700. The van der Waals surface area contributed by atoms with Gasteiger partial charge >= 0.3 is 0 Å². The molecule has 0 unspecified atom stereocenters. The number of unbranched alkanes of at least 4 members (excludes halogenated alkanes) is 2. The number of nitrogens with one attached hydrogen (secondary N) is 2. The van der Waals surface area contributed by atoms with E-state index in [1.807, 2.05) is 36.9 Å². The van der Waals surface area contributed by atoms with E-state index in [9.17, 15) is 14.4 Å². The number of piperidine rings is 1. The Morgan fingerprint density at radius 2 is 1.87 bits per heavy atom. The average molecular weight is 445 g/mol. The van der Waals surface area contributed by atoms with Crippen molar-refractivity contribution in [3.8, 4) is 0 Å². The van der Waals surface area contributed by atoms with E-state index >= 15 is 0 Å². The van der Waals surface area contributed by atoms with Gasteiger partial charge in [-0.25, -0.2) is 0 Å². The van der Waals surface area contributed by atoms with E-state index in [1.54, 1.807) is 10.6 Å². The van der Waals surface area contributed by atoms with Gasteiger partial charge in [0, 0.05) is 38.0 Å². The second-order valence-electron chi connectivity index (χ2n) is 8.56. The van der Waals surface area contributed by atoms with Crippen LogP contribution in [0.25, 0.3) is 10.9 Å². The highest BCUT2D eigenvalue weighted by molar-refractivity contribution is 7.71. The molecule has 168 valence electrons. The summed E-state index contributed by atoms with van der Waals surface area (Å²) in [5.74, 6) is 0.273. The van der Waals surface area contributed by atoms with Crippen molar-refractivity contribution in [3.63, 3.8) is 0 Å². The van der Waals surface area contributed by atoms with Gasteiger partial charge in [-0.3, -0.25) is 19.0 Å². The van der Waals surface area contributed by atoms with Crippen LogP contribution in [0.4, 0.5) is 0 Å². The van der Waals surface area contributed by atoms with Gasteiger partial charge < -0.3 is 15.2 Å². The molecule has 7 nitrogen and oxygen atoms in total. The van der Waals surface area contributed by atoms with Crippen LogP contribution >= 0.6 is 12.2 Å². The van der Waals surface area contributed by atoms with Gasteiger partial charge in [0.05, 0.1) is 10.9 Å². The predicted octanol–water partition coefficient (Wildman–Crippen LogP) is 3.38. The lowest BCUT2D eigenvalue weighted by atomic mass is 10.0. The number of aromatic nitrogens is 2. The van der Waals surface area contributed by atoms with Crippen molar-refractivity contribution in [1.29, 1.82) is 0 Å². The van der Waals surface area contributed by atoms with Gasteiger partial charge in [-0.1, -0.05) is 32.4 Å². The zero-order valence-electron chi connectivity index (χ0n) is 18.4. The molecule has 1 saturated heterocycles. The first-order valence-electron chi connectivity index (χ1n) is 11.2. The fourth-order valence-corrected chi connectivity index (χ4v) is 4.33. The van der Waals surface area contributed by atoms with Gasteiger partial charge in [0.15, 0.2) is 4.77 Å². The second kappa shape index (κ2) is 10.7. The minimum absolute atomic E-state index is 0.0197. The number of carbonyl (C=O) groups is 2. The first-order chi connectivity index (χ1) is 14.9. The standard InChI is InChI=1S/C23H32N4O3S/c1-16(2)21(29)26-14-11-17(12-15-26)24-20(28)10-4-3-7-13-27-22(30)18-8-5-6-9-19(18)25-23(27)31/h5-6,8-9,16-17H,3-4,7,10-15H2,1-2H3,(H,24,28)(H,25,31). The van der Waals surface area contributed by atoms with Crippen molar-refractivity contribution in [1.82, 2.24) is 19.8 Å². The summed E-state index contributed by atoms with van der Waals surface area (Å²) < 4.78 is 2.04. The lowest BCUT2D eigenvalue weighted by molar-refractivity contribution is -0.135. The van der Waals surface area contributed by atoms with Gasteiger partial charge in [-0.2, -0.15) is 0 Å². The fraction of sp³-hybridized carbons (Fsp3) is 0.565. The summed E-state index contributed by atoms with van der Waals surface area (Å²) >= 11 is 5.33. The Morgan fingerprint density at radius 3 is 2.58 bits per heavy atom. The molecular formula is C23H32N4O3S. The summed E-state index contributed by atoms with van der Waals surface area (Å²) in [6, 6.07) is 7.51. The van der Waals surface area contributed by atoms with Crippen molar-refractivity contribution in [3.05, 3.63) is 39.4 Å². The largest absolute Gasteiger partial charge is 0.353 e. The summed E-state index contributed by atoms with van der Waals surface area (Å²) in [6.45, 7) is 5.80. The third kappa shape index (κ3) is 6.03. The summed E-state index contributed by atoms with van der Waals surface area (Å²) in [5, 5.41) is 3.74. The van der Waals surface area contributed by atoms with Gasteiger partial charge in [0.1, 0.15) is 0 Å². The highest BCUT2D eigenvalue weighted by Crippen LogP contribution is 2.14. The maximum Gasteiger partial charge on any atom is 0.262 e. The van der Waals surface area contributed by atoms with E-state index < -0.39 is 0 Å². The molecule has 1 aliphatic heterocycles. The van der Waals surface area contributed by atoms with Crippen LogP contribution in [0.3, 0.4) is 0 Å². The lowest BCUT2D eigenvalue weighted by Crippen LogP contribution is -2.47. The maximum absolute atomic E-state index is 12.6. The monoisotopic (exact) mass is 444 g/mol. The van der Waals surface area contributed by atoms with Crippen LogP contribution in [-0.2, 0) is 16.1 Å². The van der Waals surface area contributed by atoms with E-state index in [1.165, 1.54) is 0 Å². The van der Waals surface area contributed by atoms with Gasteiger partial charge in [0.25, 0.3) is 5.56 Å². The number of benzene rings is 1. The summed E-state index contributed by atoms with van der Waals surface area (Å²) in [6.07, 6.45) is 4.52. The zero-order valence-corrected chi connectivity index (χ0v) is 19.2. The molecule has 0 atom stereocenters. The SMILES string of the molecule is CC(C)C(=O)N1CCC(NC(=O)CCCCCn2c(=S)[nH]c3ccccc3c2=O)CC1. The van der Waals surface area contributed by atoms with Crippen LogP contribution < -0.4 is 10.9 Å². The third-order valence-corrected chi connectivity index (χ3v) is 6.16. The van der Waals surface area contributed by atoms with Gasteiger partial charge in [0.2, 0.25) is 11.8 Å². The molecule has 2 amide bonds. The molecule has 0 bridgehead atoms. The van der Waals surface area contributed by atoms with E-state index in [0.717, 1.165) is 37.6 Å². The van der Waals surface area contributed by atoms with Crippen molar-refractivity contribution >= 4 is 34.9 Å². The van der Waals surface area contributed by atoms with Crippen LogP contribution in [0.15, 0.2) is 29.1 Å². The summed E-state index contributed by atoms with van der Waals surface area (Å²) in [7, 11) is 0. The number of carbonyl (C=O) groups excluding carboxylic acids is 2. The number of nitrogens with zero attached hydrogens (tertiary/aromatic N) is 2. The second-order valence-corrected chi connectivity index (χ2v) is 8.95. The first kappa shape index (κ1) is 23.2. The van der Waals surface area contributed by atoms with Crippen LogP contribution in [0.5, 0.6) is 0 Å². The number of hydrogen-bond donors (Lipinski definition) is 2. The van der Waals surface area contributed by atoms with Crippen LogP contribution in [-0.4, -0.2) is 45.4 Å². The molecule has 31 heavy (non-hydrogen) atoms. The molecule has 1 fully saturated rings. The average Bonchev–Trinajstić information content (AvgIpc) is 2.75. The van der Waals surface area contributed by atoms with Gasteiger partial charge in [-0.15, -0.1) is 0 Å². The van der Waals surface area contributed by atoms with Crippen LogP contribution in [0.1, 0.15) is 52.4 Å². The molecule has 0 spiro atoms. The molecule has 2 heterocycles. The number of fused-ring (bicyclic) bond motifs is 1. The van der Waals surface area contributed by atoms with Crippen molar-refractivity contribution in [2.75, 3.05) is 13.1 Å². The fourth-order valence-electron chi connectivity index (χ4n) is 4.04. The Labute approximate surface area is 187 Å². The number of para-hydroxylation sites is 1. The minimum Gasteiger partial charge on any atom is -0.353 e. The molecule has 3 rings (SSSR count). The normalized spacial score (nSPS) is 14.9. The molecule has 1 aromatic carbocycles. The van der Waals surface area contributed by atoms with E-state index in [4.69, 9.17) is 12.2 Å². The molecule has 0 aliphatic carbocycles. The molecule has 8 heteroatoms. The number of H-pyrrole nitrogens is 1. The highest BCUT2D eigenvalue weighted by Gasteiger charge is 2.24. The van der Waals surface area contributed by atoms with E-state index in [-0.39, 0.29) is 29.3 Å². The number of amides is 2. The van der Waals surface area contributed by atoms with Crippen molar-refractivity contribution < 1.29 is 9.59 Å². The lowest BCUT2D eigenvalue weighted by Gasteiger charge is -2.33. The smallest absolute Gasteiger partial charge is 0.262 e. The molecule has 0 saturated carbocycles. The maximum atomic E-state index is 12.6.